The molecular weight excluding hydrogens is 528 g/mol. The van der Waals surface area contributed by atoms with E-state index in [2.05, 4.69) is 24.9 Å². The second-order valence-electron chi connectivity index (χ2n) is 10.0. The van der Waals surface area contributed by atoms with Crippen molar-refractivity contribution in [2.45, 2.75) is 44.5 Å². The van der Waals surface area contributed by atoms with Crippen LogP contribution in [0.2, 0.25) is 0 Å². The summed E-state index contributed by atoms with van der Waals surface area (Å²) in [5.74, 6) is -0.918. The maximum absolute atomic E-state index is 14.9. The van der Waals surface area contributed by atoms with Crippen LogP contribution in [-0.4, -0.2) is 58.2 Å². The van der Waals surface area contributed by atoms with E-state index in [0.29, 0.717) is 35.5 Å². The number of anilines is 1. The van der Waals surface area contributed by atoms with Crippen molar-refractivity contribution >= 4 is 15.8 Å². The molecule has 0 amide bonds. The number of nitrogens with zero attached hydrogens (tertiary/aromatic N) is 6. The Hall–Kier alpha value is -3.71. The molecule has 39 heavy (non-hydrogen) atoms. The highest BCUT2D eigenvalue weighted by atomic mass is 32.2. The molecule has 1 saturated carbocycles. The normalized spacial score (nSPS) is 14.6. The lowest BCUT2D eigenvalue weighted by molar-refractivity contribution is 0.421. The van der Waals surface area contributed by atoms with E-state index in [0.717, 1.165) is 6.20 Å². The lowest BCUT2D eigenvalue weighted by Gasteiger charge is -2.28. The molecule has 5 rings (SSSR count). The zero-order valence-corrected chi connectivity index (χ0v) is 22.6. The first kappa shape index (κ1) is 26.9. The fourth-order valence-electron chi connectivity index (χ4n) is 4.19. The van der Waals surface area contributed by atoms with Gasteiger partial charge in [0.15, 0.2) is 17.5 Å². The van der Waals surface area contributed by atoms with Gasteiger partial charge >= 0.3 is 0 Å². The van der Waals surface area contributed by atoms with Crippen molar-refractivity contribution in [1.82, 2.24) is 29.6 Å². The molecule has 0 aliphatic heterocycles. The van der Waals surface area contributed by atoms with Gasteiger partial charge in [-0.15, -0.1) is 0 Å². The van der Waals surface area contributed by atoms with E-state index in [9.17, 15) is 17.2 Å². The average molecular weight is 558 g/mol. The van der Waals surface area contributed by atoms with Crippen molar-refractivity contribution < 1.29 is 21.7 Å². The highest BCUT2D eigenvalue weighted by Gasteiger charge is 2.37. The molecule has 1 N–H and O–H groups in total. The van der Waals surface area contributed by atoms with Crippen LogP contribution in [0.5, 0.6) is 0 Å². The van der Waals surface area contributed by atoms with E-state index in [1.165, 1.54) is 12.3 Å². The molecule has 0 bridgehead atoms. The number of halogens is 2. The van der Waals surface area contributed by atoms with Gasteiger partial charge in [0.25, 0.3) is 0 Å². The maximum Gasteiger partial charge on any atom is 0.214 e. The highest BCUT2D eigenvalue weighted by molar-refractivity contribution is 7.90. The first-order chi connectivity index (χ1) is 18.6. The summed E-state index contributed by atoms with van der Waals surface area (Å²) in [6.45, 7) is 4.12. The standard InChI is InChI=1S/C26H29F2N7O3S/c1-16(2)23(33-39(36,37)18-8-9-18)15-34(3)26-20(28)13-29-25(30-26)22-12-24(21-10-11-38-32-21)35(31-22)14-17-6-4-5-7-19(17)27/h4-7,10-13,16,18,23,33H,8-9,14-15H2,1-3H3/t23-/m0/s1. The Morgan fingerprint density at radius 1 is 1.15 bits per heavy atom. The van der Waals surface area contributed by atoms with Crippen molar-refractivity contribution in [3.63, 3.8) is 0 Å². The molecule has 1 fully saturated rings. The fraction of sp³-hybridized carbons (Fsp3) is 0.385. The molecule has 1 aliphatic carbocycles. The molecule has 1 aromatic carbocycles. The summed E-state index contributed by atoms with van der Waals surface area (Å²) in [5.41, 5.74) is 1.77. The highest BCUT2D eigenvalue weighted by Crippen LogP contribution is 2.29. The summed E-state index contributed by atoms with van der Waals surface area (Å²) < 4.78 is 63.7. The van der Waals surface area contributed by atoms with E-state index >= 15 is 0 Å². The number of benzene rings is 1. The predicted octanol–water partition coefficient (Wildman–Crippen LogP) is 3.86. The van der Waals surface area contributed by atoms with Gasteiger partial charge in [-0.05, 0) is 30.9 Å². The molecule has 0 unspecified atom stereocenters. The molecule has 4 aromatic rings. The van der Waals surface area contributed by atoms with E-state index in [4.69, 9.17) is 4.52 Å². The SMILES string of the molecule is CC(C)[C@H](CN(C)c1nc(-c2cc(-c3ccon3)n(Cc3ccccc3F)n2)ncc1F)NS(=O)(=O)C1CC1. The van der Waals surface area contributed by atoms with Gasteiger partial charge < -0.3 is 9.42 Å². The van der Waals surface area contributed by atoms with E-state index < -0.39 is 21.9 Å². The third kappa shape index (κ3) is 5.98. The fourth-order valence-corrected chi connectivity index (χ4v) is 5.90. The quantitative estimate of drug-likeness (QED) is 0.295. The molecule has 206 valence electrons. The Labute approximate surface area is 225 Å². The van der Waals surface area contributed by atoms with Gasteiger partial charge in [-0.2, -0.15) is 5.10 Å². The van der Waals surface area contributed by atoms with Crippen molar-refractivity contribution in [3.8, 4) is 22.9 Å². The summed E-state index contributed by atoms with van der Waals surface area (Å²) in [6.07, 6.45) is 3.78. The monoisotopic (exact) mass is 557 g/mol. The second kappa shape index (κ2) is 10.8. The van der Waals surface area contributed by atoms with Crippen molar-refractivity contribution in [2.75, 3.05) is 18.5 Å². The molecule has 0 radical (unpaired) electrons. The topological polar surface area (TPSA) is 119 Å². The predicted molar refractivity (Wildman–Crippen MR) is 141 cm³/mol. The average Bonchev–Trinajstić information content (AvgIpc) is 3.48. The van der Waals surface area contributed by atoms with E-state index in [-0.39, 0.29) is 41.7 Å². The Kier molecular flexibility index (Phi) is 7.45. The Morgan fingerprint density at radius 3 is 2.59 bits per heavy atom. The van der Waals surface area contributed by atoms with Crippen LogP contribution in [0.25, 0.3) is 22.9 Å². The number of hydrogen-bond donors (Lipinski definition) is 1. The number of likely N-dealkylation sites (N-methyl/N-ethyl adjacent to an activating group) is 1. The zero-order valence-electron chi connectivity index (χ0n) is 21.8. The van der Waals surface area contributed by atoms with Crippen LogP contribution in [-0.2, 0) is 16.6 Å². The van der Waals surface area contributed by atoms with Crippen LogP contribution >= 0.6 is 0 Å². The number of aromatic nitrogens is 5. The third-order valence-corrected chi connectivity index (χ3v) is 8.61. The van der Waals surface area contributed by atoms with E-state index in [1.807, 2.05) is 13.8 Å². The minimum Gasteiger partial charge on any atom is -0.364 e. The van der Waals surface area contributed by atoms with Crippen molar-refractivity contribution in [3.05, 3.63) is 66.1 Å². The lowest BCUT2D eigenvalue weighted by Crippen LogP contribution is -2.47. The van der Waals surface area contributed by atoms with Crippen LogP contribution in [0.1, 0.15) is 32.3 Å². The Bertz CT molecular complexity index is 1550. The summed E-state index contributed by atoms with van der Waals surface area (Å²) in [5, 5.41) is 8.20. The molecule has 1 aliphatic rings. The van der Waals surface area contributed by atoms with Crippen molar-refractivity contribution in [1.29, 1.82) is 0 Å². The van der Waals surface area contributed by atoms with Gasteiger partial charge in [-0.1, -0.05) is 37.2 Å². The third-order valence-electron chi connectivity index (χ3n) is 6.63. The van der Waals surface area contributed by atoms with Gasteiger partial charge in [0.1, 0.15) is 23.5 Å². The Morgan fingerprint density at radius 2 is 1.92 bits per heavy atom. The Balaban J connectivity index is 1.44. The molecule has 13 heteroatoms. The number of nitrogens with one attached hydrogen (secondary N) is 1. The lowest BCUT2D eigenvalue weighted by atomic mass is 10.1. The molecule has 0 saturated heterocycles. The molecule has 3 aromatic heterocycles. The van der Waals surface area contributed by atoms with Gasteiger partial charge in [0, 0.05) is 31.3 Å². The van der Waals surface area contributed by atoms with Crippen molar-refractivity contribution in [2.24, 2.45) is 5.92 Å². The summed E-state index contributed by atoms with van der Waals surface area (Å²) in [7, 11) is -1.78. The second-order valence-corrected chi connectivity index (χ2v) is 12.0. The smallest absolute Gasteiger partial charge is 0.214 e. The molecule has 3 heterocycles. The molecule has 0 spiro atoms. The van der Waals surface area contributed by atoms with Crippen LogP contribution < -0.4 is 9.62 Å². The molecule has 1 atom stereocenters. The van der Waals surface area contributed by atoms with Crippen LogP contribution in [0.4, 0.5) is 14.6 Å². The summed E-state index contributed by atoms with van der Waals surface area (Å²) in [6, 6.07) is 9.26. The first-order valence-electron chi connectivity index (χ1n) is 12.6. The summed E-state index contributed by atoms with van der Waals surface area (Å²) in [4.78, 5) is 10.1. The van der Waals surface area contributed by atoms with Gasteiger partial charge in [-0.25, -0.2) is 31.9 Å². The maximum atomic E-state index is 14.9. The number of hydrogen-bond acceptors (Lipinski definition) is 8. The number of rotatable bonds is 11. The van der Waals surface area contributed by atoms with Crippen LogP contribution in [0.3, 0.4) is 0 Å². The van der Waals surface area contributed by atoms with Gasteiger partial charge in [0.2, 0.25) is 10.0 Å². The van der Waals surface area contributed by atoms with Crippen LogP contribution in [0.15, 0.2) is 53.4 Å². The van der Waals surface area contributed by atoms with Crippen LogP contribution in [0, 0.1) is 17.6 Å². The minimum atomic E-state index is -3.43. The summed E-state index contributed by atoms with van der Waals surface area (Å²) >= 11 is 0. The molecule has 10 nitrogen and oxygen atoms in total. The van der Waals surface area contributed by atoms with Gasteiger partial charge in [-0.3, -0.25) is 4.68 Å². The largest absolute Gasteiger partial charge is 0.364 e. The number of sulfonamides is 1. The van der Waals surface area contributed by atoms with Gasteiger partial charge in [0.05, 0.1) is 23.7 Å². The zero-order chi connectivity index (χ0) is 27.7. The first-order valence-corrected chi connectivity index (χ1v) is 14.1. The minimum absolute atomic E-state index is 0.00269. The van der Waals surface area contributed by atoms with E-state index in [1.54, 1.807) is 47.0 Å². The molecular formula is C26H29F2N7O3S.